The van der Waals surface area contributed by atoms with Gasteiger partial charge in [-0.15, -0.1) is 0 Å². The van der Waals surface area contributed by atoms with Gasteiger partial charge >= 0.3 is 0 Å². The topological polar surface area (TPSA) is 15.3 Å². The quantitative estimate of drug-likeness (QED) is 0.712. The first-order chi connectivity index (χ1) is 6.24. The Bertz CT molecular complexity index is 231. The molecule has 0 atom stereocenters. The van der Waals surface area contributed by atoms with Gasteiger partial charge in [-0.2, -0.15) is 0 Å². The second kappa shape index (κ2) is 4.87. The Labute approximate surface area is 80.5 Å². The molecule has 1 rings (SSSR count). The lowest BCUT2D eigenvalue weighted by atomic mass is 10.2. The van der Waals surface area contributed by atoms with Gasteiger partial charge in [0.05, 0.1) is 5.69 Å². The molecule has 0 heterocycles. The molecule has 0 amide bonds. The van der Waals surface area contributed by atoms with Gasteiger partial charge in [-0.05, 0) is 18.1 Å². The monoisotopic (exact) mass is 178 g/mol. The lowest BCUT2D eigenvalue weighted by Crippen LogP contribution is -2.37. The van der Waals surface area contributed by atoms with Crippen LogP contribution in [-0.2, 0) is 0 Å². The van der Waals surface area contributed by atoms with Crippen molar-refractivity contribution in [2.75, 3.05) is 18.6 Å². The molecule has 0 fully saturated rings. The first-order valence-corrected chi connectivity index (χ1v) is 4.74. The van der Waals surface area contributed by atoms with Gasteiger partial charge in [0.15, 0.2) is 0 Å². The van der Waals surface area contributed by atoms with Crippen LogP contribution in [0.5, 0.6) is 0 Å². The molecule has 0 saturated carbocycles. The third-order valence-electron chi connectivity index (χ3n) is 1.89. The van der Waals surface area contributed by atoms with Crippen molar-refractivity contribution < 1.29 is 0 Å². The number of nitrogens with zero attached hydrogens (tertiary/aromatic N) is 1. The van der Waals surface area contributed by atoms with E-state index in [2.05, 4.69) is 48.5 Å². The van der Waals surface area contributed by atoms with Crippen molar-refractivity contribution in [3.8, 4) is 0 Å². The summed E-state index contributed by atoms with van der Waals surface area (Å²) in [6.45, 7) is 5.46. The highest BCUT2D eigenvalue weighted by molar-refractivity contribution is 5.44. The molecule has 0 aliphatic heterocycles. The molecule has 0 aliphatic carbocycles. The van der Waals surface area contributed by atoms with E-state index in [0.29, 0.717) is 5.92 Å². The molecule has 13 heavy (non-hydrogen) atoms. The minimum Gasteiger partial charge on any atom is -0.308 e. The van der Waals surface area contributed by atoms with E-state index in [9.17, 15) is 0 Å². The fourth-order valence-electron chi connectivity index (χ4n) is 1.30. The number of nitrogens with one attached hydrogen (secondary N) is 1. The normalized spacial score (nSPS) is 10.5. The maximum Gasteiger partial charge on any atom is 0.0519 e. The van der Waals surface area contributed by atoms with E-state index in [1.807, 2.05) is 13.1 Å². The molecule has 0 unspecified atom stereocenters. The second-order valence-corrected chi connectivity index (χ2v) is 3.56. The van der Waals surface area contributed by atoms with Crippen molar-refractivity contribution >= 4 is 5.69 Å². The summed E-state index contributed by atoms with van der Waals surface area (Å²) in [6.07, 6.45) is 0. The highest BCUT2D eigenvalue weighted by Crippen LogP contribution is 2.11. The average molecular weight is 178 g/mol. The SMILES string of the molecule is CNN(CC(C)C)c1ccccc1. The van der Waals surface area contributed by atoms with Gasteiger partial charge in [0, 0.05) is 13.6 Å². The first kappa shape index (κ1) is 10.1. The molecule has 0 aliphatic rings. The van der Waals surface area contributed by atoms with E-state index in [4.69, 9.17) is 0 Å². The van der Waals surface area contributed by atoms with Gasteiger partial charge in [0.1, 0.15) is 0 Å². The maximum atomic E-state index is 3.18. The highest BCUT2D eigenvalue weighted by Gasteiger charge is 2.04. The van der Waals surface area contributed by atoms with Crippen LogP contribution in [0.4, 0.5) is 5.69 Å². The zero-order valence-electron chi connectivity index (χ0n) is 8.62. The van der Waals surface area contributed by atoms with Crippen LogP contribution in [0.25, 0.3) is 0 Å². The van der Waals surface area contributed by atoms with E-state index in [0.717, 1.165) is 6.54 Å². The lowest BCUT2D eigenvalue weighted by Gasteiger charge is -2.25. The maximum absolute atomic E-state index is 3.18. The first-order valence-electron chi connectivity index (χ1n) is 4.74. The lowest BCUT2D eigenvalue weighted by molar-refractivity contribution is 0.573. The molecule has 2 nitrogen and oxygen atoms in total. The molecule has 1 aromatic rings. The summed E-state index contributed by atoms with van der Waals surface area (Å²) in [5.41, 5.74) is 4.40. The zero-order chi connectivity index (χ0) is 9.68. The molecule has 2 heteroatoms. The Morgan fingerprint density at radius 2 is 1.85 bits per heavy atom. The summed E-state index contributed by atoms with van der Waals surface area (Å²) in [5, 5.41) is 2.16. The number of benzene rings is 1. The van der Waals surface area contributed by atoms with E-state index < -0.39 is 0 Å². The zero-order valence-corrected chi connectivity index (χ0v) is 8.62. The molecule has 0 bridgehead atoms. The van der Waals surface area contributed by atoms with Crippen LogP contribution in [0.1, 0.15) is 13.8 Å². The molecular weight excluding hydrogens is 160 g/mol. The van der Waals surface area contributed by atoms with Crippen molar-refractivity contribution in [3.05, 3.63) is 30.3 Å². The summed E-state index contributed by atoms with van der Waals surface area (Å²) in [5.74, 6) is 0.660. The number of rotatable bonds is 4. The van der Waals surface area contributed by atoms with E-state index in [1.54, 1.807) is 0 Å². The Morgan fingerprint density at radius 1 is 1.23 bits per heavy atom. The van der Waals surface area contributed by atoms with Gasteiger partial charge in [-0.25, -0.2) is 5.43 Å². The van der Waals surface area contributed by atoms with Gasteiger partial charge in [-0.1, -0.05) is 32.0 Å². The van der Waals surface area contributed by atoms with Crippen molar-refractivity contribution in [1.82, 2.24) is 5.43 Å². The van der Waals surface area contributed by atoms with Crippen molar-refractivity contribution in [2.45, 2.75) is 13.8 Å². The molecule has 0 saturated heterocycles. The molecule has 1 aromatic carbocycles. The van der Waals surface area contributed by atoms with Crippen LogP contribution in [0.15, 0.2) is 30.3 Å². The van der Waals surface area contributed by atoms with Crippen molar-refractivity contribution in [3.63, 3.8) is 0 Å². The summed E-state index contributed by atoms with van der Waals surface area (Å²) >= 11 is 0. The molecular formula is C11H18N2. The van der Waals surface area contributed by atoms with Gasteiger partial charge in [0.2, 0.25) is 0 Å². The Balaban J connectivity index is 2.67. The minimum atomic E-state index is 0.660. The predicted molar refractivity (Wildman–Crippen MR) is 57.7 cm³/mol. The van der Waals surface area contributed by atoms with Gasteiger partial charge in [-0.3, -0.25) is 0 Å². The number of hydrogen-bond acceptors (Lipinski definition) is 2. The molecule has 0 aromatic heterocycles. The molecule has 0 radical (unpaired) electrons. The summed E-state index contributed by atoms with van der Waals surface area (Å²) in [4.78, 5) is 0. The molecule has 72 valence electrons. The number of hydrazine groups is 1. The largest absolute Gasteiger partial charge is 0.308 e. The fraction of sp³-hybridized carbons (Fsp3) is 0.455. The van der Waals surface area contributed by atoms with Gasteiger partial charge < -0.3 is 5.01 Å². The van der Waals surface area contributed by atoms with Crippen LogP contribution < -0.4 is 10.4 Å². The fourth-order valence-corrected chi connectivity index (χ4v) is 1.30. The highest BCUT2D eigenvalue weighted by atomic mass is 15.5. The van der Waals surface area contributed by atoms with Crippen LogP contribution in [0.2, 0.25) is 0 Å². The van der Waals surface area contributed by atoms with Crippen molar-refractivity contribution in [2.24, 2.45) is 5.92 Å². The second-order valence-electron chi connectivity index (χ2n) is 3.56. The standard InChI is InChI=1S/C11H18N2/c1-10(2)9-13(12-3)11-7-5-4-6-8-11/h4-8,10,12H,9H2,1-3H3. The van der Waals surface area contributed by atoms with Crippen LogP contribution in [0.3, 0.4) is 0 Å². The van der Waals surface area contributed by atoms with Crippen LogP contribution in [0, 0.1) is 5.92 Å². The summed E-state index contributed by atoms with van der Waals surface area (Å²) in [7, 11) is 1.95. The van der Waals surface area contributed by atoms with E-state index in [1.165, 1.54) is 5.69 Å². The third kappa shape index (κ3) is 3.07. The minimum absolute atomic E-state index is 0.660. The van der Waals surface area contributed by atoms with Gasteiger partial charge in [0.25, 0.3) is 0 Å². The van der Waals surface area contributed by atoms with Crippen LogP contribution in [-0.4, -0.2) is 13.6 Å². The predicted octanol–water partition coefficient (Wildman–Crippen LogP) is 2.28. The summed E-state index contributed by atoms with van der Waals surface area (Å²) in [6, 6.07) is 10.4. The average Bonchev–Trinajstić information content (AvgIpc) is 2.15. The third-order valence-corrected chi connectivity index (χ3v) is 1.89. The summed E-state index contributed by atoms with van der Waals surface area (Å²) < 4.78 is 0. The van der Waals surface area contributed by atoms with Crippen molar-refractivity contribution in [1.29, 1.82) is 0 Å². The number of hydrogen-bond donors (Lipinski definition) is 1. The van der Waals surface area contributed by atoms with Crippen LogP contribution >= 0.6 is 0 Å². The Morgan fingerprint density at radius 3 is 2.31 bits per heavy atom. The Kier molecular flexibility index (Phi) is 3.77. The van der Waals surface area contributed by atoms with E-state index in [-0.39, 0.29) is 0 Å². The Hall–Kier alpha value is -1.02. The smallest absolute Gasteiger partial charge is 0.0519 e. The number of para-hydroxylation sites is 1. The molecule has 0 spiro atoms. The molecule has 1 N–H and O–H groups in total. The van der Waals surface area contributed by atoms with E-state index >= 15 is 0 Å². The number of anilines is 1.